The molecule has 1 aromatic carbocycles. The summed E-state index contributed by atoms with van der Waals surface area (Å²) in [5.74, 6) is -0.0829. The van der Waals surface area contributed by atoms with Crippen LogP contribution in [0.25, 0.3) is 0 Å². The third kappa shape index (κ3) is 7.12. The second kappa shape index (κ2) is 8.43. The zero-order valence-corrected chi connectivity index (χ0v) is 15.0. The van der Waals surface area contributed by atoms with Gasteiger partial charge in [-0.2, -0.15) is 0 Å². The number of hydrogen-bond acceptors (Lipinski definition) is 4. The van der Waals surface area contributed by atoms with Crippen molar-refractivity contribution < 1.29 is 9.53 Å². The van der Waals surface area contributed by atoms with Crippen molar-refractivity contribution in [3.8, 4) is 0 Å². The van der Waals surface area contributed by atoms with Crippen molar-refractivity contribution >= 4 is 5.91 Å². The molecule has 0 aliphatic carbocycles. The lowest BCUT2D eigenvalue weighted by atomic mass is 9.87. The Morgan fingerprint density at radius 2 is 1.78 bits per heavy atom. The summed E-state index contributed by atoms with van der Waals surface area (Å²) in [5.41, 5.74) is 6.42. The standard InChI is InChI=1S/C18H31N3O2/c1-17(2,3)15(19)11-20-16(22)18(4,5)21-13-23-12-14-9-7-6-8-10-14/h6-10,15,21H,11-13,19H2,1-5H3,(H,20,22)/t15-/m1/s1. The summed E-state index contributed by atoms with van der Waals surface area (Å²) in [4.78, 5) is 12.3. The molecule has 5 nitrogen and oxygen atoms in total. The number of benzene rings is 1. The lowest BCUT2D eigenvalue weighted by Crippen LogP contribution is -2.56. The quantitative estimate of drug-likeness (QED) is 0.506. The molecule has 130 valence electrons. The molecule has 0 spiro atoms. The fraction of sp³-hybridized carbons (Fsp3) is 0.611. The van der Waals surface area contributed by atoms with Crippen LogP contribution in [0.5, 0.6) is 0 Å². The molecule has 0 aliphatic heterocycles. The van der Waals surface area contributed by atoms with Crippen molar-refractivity contribution in [2.45, 2.75) is 52.8 Å². The fourth-order valence-electron chi connectivity index (χ4n) is 1.78. The van der Waals surface area contributed by atoms with E-state index >= 15 is 0 Å². The second-order valence-electron chi connectivity index (χ2n) is 7.46. The third-order valence-electron chi connectivity index (χ3n) is 3.89. The Morgan fingerprint density at radius 3 is 2.35 bits per heavy atom. The van der Waals surface area contributed by atoms with E-state index in [0.717, 1.165) is 5.56 Å². The predicted octanol–water partition coefficient (Wildman–Crippen LogP) is 2.02. The molecule has 0 heterocycles. The van der Waals surface area contributed by atoms with Crippen molar-refractivity contribution in [2.24, 2.45) is 11.1 Å². The molecule has 0 fully saturated rings. The van der Waals surface area contributed by atoms with Gasteiger partial charge < -0.3 is 15.8 Å². The molecular formula is C18H31N3O2. The van der Waals surface area contributed by atoms with Gasteiger partial charge >= 0.3 is 0 Å². The molecule has 1 aromatic rings. The van der Waals surface area contributed by atoms with Crippen molar-refractivity contribution in [1.82, 2.24) is 10.6 Å². The fourth-order valence-corrected chi connectivity index (χ4v) is 1.78. The number of rotatable bonds is 8. The van der Waals surface area contributed by atoms with Crippen LogP contribution in [0.1, 0.15) is 40.2 Å². The summed E-state index contributed by atoms with van der Waals surface area (Å²) in [5, 5.41) is 6.02. The molecule has 4 N–H and O–H groups in total. The minimum absolute atomic E-state index is 0.0380. The van der Waals surface area contributed by atoms with E-state index in [0.29, 0.717) is 19.9 Å². The highest BCUT2D eigenvalue weighted by Crippen LogP contribution is 2.16. The molecule has 1 rings (SSSR count). The number of hydrogen-bond donors (Lipinski definition) is 3. The zero-order valence-electron chi connectivity index (χ0n) is 15.0. The maximum Gasteiger partial charge on any atom is 0.239 e. The molecule has 0 aromatic heterocycles. The Bertz CT molecular complexity index is 481. The summed E-state index contributed by atoms with van der Waals surface area (Å²) in [6.45, 7) is 11.1. The van der Waals surface area contributed by atoms with E-state index in [1.165, 1.54) is 0 Å². The first-order valence-electron chi connectivity index (χ1n) is 8.03. The lowest BCUT2D eigenvalue weighted by molar-refractivity contribution is -0.127. The highest BCUT2D eigenvalue weighted by molar-refractivity contribution is 5.85. The Labute approximate surface area is 140 Å². The molecule has 0 saturated carbocycles. The van der Waals surface area contributed by atoms with Gasteiger partial charge in [0.2, 0.25) is 5.91 Å². The maximum absolute atomic E-state index is 12.3. The van der Waals surface area contributed by atoms with Crippen LogP contribution in [0.15, 0.2) is 30.3 Å². The van der Waals surface area contributed by atoms with E-state index in [1.54, 1.807) is 0 Å². The summed E-state index contributed by atoms with van der Waals surface area (Å²) in [7, 11) is 0. The first-order chi connectivity index (χ1) is 10.6. The molecule has 0 aliphatic rings. The number of ether oxygens (including phenoxy) is 1. The first kappa shape index (κ1) is 19.6. The first-order valence-corrected chi connectivity index (χ1v) is 8.03. The van der Waals surface area contributed by atoms with Crippen LogP contribution in [-0.4, -0.2) is 30.8 Å². The minimum atomic E-state index is -0.714. The van der Waals surface area contributed by atoms with Gasteiger partial charge in [0.1, 0.15) is 0 Å². The zero-order chi connectivity index (χ0) is 17.5. The van der Waals surface area contributed by atoms with E-state index in [9.17, 15) is 4.79 Å². The summed E-state index contributed by atoms with van der Waals surface area (Å²) in [6, 6.07) is 9.84. The number of nitrogens with one attached hydrogen (secondary N) is 2. The summed E-state index contributed by atoms with van der Waals surface area (Å²) >= 11 is 0. The summed E-state index contributed by atoms with van der Waals surface area (Å²) in [6.07, 6.45) is 0. The molecule has 0 saturated heterocycles. The third-order valence-corrected chi connectivity index (χ3v) is 3.89. The van der Waals surface area contributed by atoms with E-state index in [1.807, 2.05) is 44.2 Å². The smallest absolute Gasteiger partial charge is 0.239 e. The highest BCUT2D eigenvalue weighted by Gasteiger charge is 2.28. The van der Waals surface area contributed by atoms with Crippen LogP contribution in [0.2, 0.25) is 0 Å². The Balaban J connectivity index is 2.32. The molecule has 1 amide bonds. The van der Waals surface area contributed by atoms with E-state index < -0.39 is 5.54 Å². The SMILES string of the molecule is CC(C)(NCOCc1ccccc1)C(=O)NC[C@@H](N)C(C)(C)C. The van der Waals surface area contributed by atoms with E-state index in [2.05, 4.69) is 31.4 Å². The van der Waals surface area contributed by atoms with Crippen molar-refractivity contribution in [3.63, 3.8) is 0 Å². The van der Waals surface area contributed by atoms with Crippen LogP contribution < -0.4 is 16.4 Å². The number of carbonyl (C=O) groups is 1. The van der Waals surface area contributed by atoms with Gasteiger partial charge in [0.05, 0.1) is 18.9 Å². The van der Waals surface area contributed by atoms with E-state index in [-0.39, 0.29) is 17.4 Å². The number of amides is 1. The largest absolute Gasteiger partial charge is 0.362 e. The average Bonchev–Trinajstić information content (AvgIpc) is 2.48. The molecule has 0 unspecified atom stereocenters. The maximum atomic E-state index is 12.3. The van der Waals surface area contributed by atoms with E-state index in [4.69, 9.17) is 10.5 Å². The van der Waals surface area contributed by atoms with Crippen molar-refractivity contribution in [1.29, 1.82) is 0 Å². The Hall–Kier alpha value is -1.43. The molecular weight excluding hydrogens is 290 g/mol. The second-order valence-corrected chi connectivity index (χ2v) is 7.46. The molecule has 5 heteroatoms. The van der Waals surface area contributed by atoms with Crippen LogP contribution in [-0.2, 0) is 16.1 Å². The van der Waals surface area contributed by atoms with Gasteiger partial charge in [-0.1, -0.05) is 51.1 Å². The van der Waals surface area contributed by atoms with Crippen LogP contribution in [0.3, 0.4) is 0 Å². The topological polar surface area (TPSA) is 76.4 Å². The summed E-state index contributed by atoms with van der Waals surface area (Å²) < 4.78 is 5.57. The lowest BCUT2D eigenvalue weighted by Gasteiger charge is -2.30. The van der Waals surface area contributed by atoms with Gasteiger partial charge in [0.15, 0.2) is 0 Å². The molecule has 23 heavy (non-hydrogen) atoms. The predicted molar refractivity (Wildman–Crippen MR) is 93.8 cm³/mol. The average molecular weight is 321 g/mol. The van der Waals surface area contributed by atoms with Crippen LogP contribution >= 0.6 is 0 Å². The van der Waals surface area contributed by atoms with Gasteiger partial charge in [-0.05, 0) is 24.8 Å². The number of nitrogens with two attached hydrogens (primary N) is 1. The van der Waals surface area contributed by atoms with Crippen LogP contribution in [0, 0.1) is 5.41 Å². The Morgan fingerprint density at radius 1 is 1.17 bits per heavy atom. The highest BCUT2D eigenvalue weighted by atomic mass is 16.5. The molecule has 0 bridgehead atoms. The van der Waals surface area contributed by atoms with Crippen molar-refractivity contribution in [3.05, 3.63) is 35.9 Å². The van der Waals surface area contributed by atoms with Gasteiger partial charge in [0, 0.05) is 12.6 Å². The monoisotopic (exact) mass is 321 g/mol. The van der Waals surface area contributed by atoms with Gasteiger partial charge in [-0.15, -0.1) is 0 Å². The van der Waals surface area contributed by atoms with Gasteiger partial charge in [0.25, 0.3) is 0 Å². The Kier molecular flexibility index (Phi) is 7.19. The normalized spacial score (nSPS) is 13.7. The van der Waals surface area contributed by atoms with Gasteiger partial charge in [-0.25, -0.2) is 0 Å². The van der Waals surface area contributed by atoms with Gasteiger partial charge in [-0.3, -0.25) is 10.1 Å². The number of carbonyl (C=O) groups excluding carboxylic acids is 1. The molecule has 1 atom stereocenters. The molecule has 0 radical (unpaired) electrons. The van der Waals surface area contributed by atoms with Crippen LogP contribution in [0.4, 0.5) is 0 Å². The minimum Gasteiger partial charge on any atom is -0.362 e. The van der Waals surface area contributed by atoms with Crippen molar-refractivity contribution in [2.75, 3.05) is 13.3 Å².